The first-order chi connectivity index (χ1) is 9.38. The Kier molecular flexibility index (Phi) is 6.43. The summed E-state index contributed by atoms with van der Waals surface area (Å²) >= 11 is 0. The van der Waals surface area contributed by atoms with E-state index in [0.717, 1.165) is 32.2 Å². The Hall–Kier alpha value is -0.650. The third kappa shape index (κ3) is 4.72. The van der Waals surface area contributed by atoms with Crippen molar-refractivity contribution in [3.63, 3.8) is 0 Å². The van der Waals surface area contributed by atoms with Gasteiger partial charge in [0.25, 0.3) is 0 Å². The summed E-state index contributed by atoms with van der Waals surface area (Å²) in [6.07, 6.45) is 3.86. The molecule has 0 aromatic heterocycles. The van der Waals surface area contributed by atoms with Gasteiger partial charge in [-0.05, 0) is 52.0 Å². The molecule has 1 amide bonds. The summed E-state index contributed by atoms with van der Waals surface area (Å²) in [4.78, 5) is 11.9. The Labute approximate surface area is 122 Å². The molecule has 20 heavy (non-hydrogen) atoms. The first-order valence-corrected chi connectivity index (χ1v) is 7.56. The number of hydrogen-bond acceptors (Lipinski definition) is 4. The van der Waals surface area contributed by atoms with Gasteiger partial charge in [0.15, 0.2) is 0 Å². The zero-order chi connectivity index (χ0) is 15.2. The molecule has 0 heterocycles. The second kappa shape index (κ2) is 7.38. The van der Waals surface area contributed by atoms with Gasteiger partial charge >= 0.3 is 0 Å². The topological polar surface area (TPSA) is 73.6 Å². The summed E-state index contributed by atoms with van der Waals surface area (Å²) in [5, 5.41) is 3.33. The lowest BCUT2D eigenvalue weighted by molar-refractivity contribution is -0.128. The van der Waals surface area contributed by atoms with Gasteiger partial charge in [-0.3, -0.25) is 4.79 Å². The summed E-state index contributed by atoms with van der Waals surface area (Å²) < 4.78 is 11.1. The van der Waals surface area contributed by atoms with Gasteiger partial charge in [-0.15, -0.1) is 0 Å². The zero-order valence-corrected chi connectivity index (χ0v) is 13.3. The van der Waals surface area contributed by atoms with Crippen molar-refractivity contribution in [3.05, 3.63) is 0 Å². The molecular weight excluding hydrogens is 256 g/mol. The van der Waals surface area contributed by atoms with E-state index in [2.05, 4.69) is 12.2 Å². The normalized spacial score (nSPS) is 18.8. The molecule has 0 aromatic carbocycles. The molecule has 0 bridgehead atoms. The van der Waals surface area contributed by atoms with Gasteiger partial charge in [0, 0.05) is 13.7 Å². The third-order valence-corrected chi connectivity index (χ3v) is 4.14. The van der Waals surface area contributed by atoms with Gasteiger partial charge in [-0.1, -0.05) is 6.92 Å². The van der Waals surface area contributed by atoms with Crippen LogP contribution in [0.5, 0.6) is 0 Å². The molecule has 0 saturated heterocycles. The van der Waals surface area contributed by atoms with Crippen LogP contribution in [-0.4, -0.2) is 43.9 Å². The maximum Gasteiger partial charge on any atom is 0.240 e. The minimum Gasteiger partial charge on any atom is -0.379 e. The summed E-state index contributed by atoms with van der Waals surface area (Å²) in [6, 6.07) is 0. The second-order valence-corrected chi connectivity index (χ2v) is 6.30. The molecule has 1 unspecified atom stereocenters. The number of methoxy groups -OCH3 is 1. The van der Waals surface area contributed by atoms with E-state index in [-0.39, 0.29) is 11.5 Å². The predicted molar refractivity (Wildman–Crippen MR) is 79.5 cm³/mol. The van der Waals surface area contributed by atoms with E-state index in [1.807, 2.05) is 13.8 Å². The Morgan fingerprint density at radius 1 is 1.40 bits per heavy atom. The van der Waals surface area contributed by atoms with Crippen LogP contribution in [0.4, 0.5) is 0 Å². The first kappa shape index (κ1) is 17.4. The van der Waals surface area contributed by atoms with E-state index in [4.69, 9.17) is 15.2 Å². The average molecular weight is 286 g/mol. The Morgan fingerprint density at radius 2 is 2.05 bits per heavy atom. The highest BCUT2D eigenvalue weighted by molar-refractivity contribution is 5.85. The van der Waals surface area contributed by atoms with E-state index in [1.165, 1.54) is 0 Å². The summed E-state index contributed by atoms with van der Waals surface area (Å²) in [5.74, 6) is 0.0291. The highest BCUT2D eigenvalue weighted by atomic mass is 16.5. The van der Waals surface area contributed by atoms with Crippen LogP contribution >= 0.6 is 0 Å². The molecule has 0 radical (unpaired) electrons. The molecule has 5 heteroatoms. The Morgan fingerprint density at radius 3 is 2.50 bits per heavy atom. The molecule has 1 fully saturated rings. The molecule has 118 valence electrons. The number of carbonyl (C=O) groups is 1. The van der Waals surface area contributed by atoms with Crippen molar-refractivity contribution < 1.29 is 14.3 Å². The van der Waals surface area contributed by atoms with E-state index in [1.54, 1.807) is 7.11 Å². The van der Waals surface area contributed by atoms with Crippen LogP contribution in [-0.2, 0) is 14.3 Å². The van der Waals surface area contributed by atoms with Gasteiger partial charge in [-0.25, -0.2) is 0 Å². The highest BCUT2D eigenvalue weighted by Crippen LogP contribution is 2.40. The quantitative estimate of drug-likeness (QED) is 0.564. The molecule has 3 N–H and O–H groups in total. The lowest BCUT2D eigenvalue weighted by atomic mass is 9.93. The summed E-state index contributed by atoms with van der Waals surface area (Å²) in [5.41, 5.74) is 4.75. The van der Waals surface area contributed by atoms with Crippen LogP contribution in [0.2, 0.25) is 0 Å². The number of hydrogen-bond donors (Lipinski definition) is 2. The number of nitrogens with one attached hydrogen (secondary N) is 1. The maximum absolute atomic E-state index is 11.9. The Bertz CT molecular complexity index is 316. The standard InChI is InChI=1S/C15H30N2O3/c1-5-9-17-15(13(16)18,12-6-7-12)11-20-10-8-14(2,3)19-4/h12,17H,5-11H2,1-4H3,(H2,16,18). The van der Waals surface area contributed by atoms with Crippen molar-refractivity contribution in [2.45, 2.75) is 57.6 Å². The number of nitrogens with two attached hydrogens (primary N) is 1. The van der Waals surface area contributed by atoms with E-state index < -0.39 is 5.54 Å². The van der Waals surface area contributed by atoms with Crippen molar-refractivity contribution in [1.29, 1.82) is 0 Å². The molecule has 0 aromatic rings. The predicted octanol–water partition coefficient (Wildman–Crippen LogP) is 1.45. The molecule has 1 saturated carbocycles. The van der Waals surface area contributed by atoms with Crippen molar-refractivity contribution in [3.8, 4) is 0 Å². The highest BCUT2D eigenvalue weighted by Gasteiger charge is 2.49. The lowest BCUT2D eigenvalue weighted by Gasteiger charge is -2.32. The number of primary amides is 1. The van der Waals surface area contributed by atoms with Gasteiger partial charge in [-0.2, -0.15) is 0 Å². The van der Waals surface area contributed by atoms with Crippen LogP contribution in [0.25, 0.3) is 0 Å². The van der Waals surface area contributed by atoms with E-state index in [0.29, 0.717) is 19.1 Å². The monoisotopic (exact) mass is 286 g/mol. The van der Waals surface area contributed by atoms with Crippen molar-refractivity contribution in [2.24, 2.45) is 11.7 Å². The smallest absolute Gasteiger partial charge is 0.240 e. The third-order valence-electron chi connectivity index (χ3n) is 4.14. The molecule has 5 nitrogen and oxygen atoms in total. The second-order valence-electron chi connectivity index (χ2n) is 6.30. The molecule has 0 aliphatic heterocycles. The minimum atomic E-state index is -0.687. The fourth-order valence-electron chi connectivity index (χ4n) is 2.25. The minimum absolute atomic E-state index is 0.203. The summed E-state index contributed by atoms with van der Waals surface area (Å²) in [7, 11) is 1.70. The van der Waals surface area contributed by atoms with Crippen LogP contribution in [0, 0.1) is 5.92 Å². The number of ether oxygens (including phenoxy) is 2. The largest absolute Gasteiger partial charge is 0.379 e. The zero-order valence-electron chi connectivity index (χ0n) is 13.3. The molecule has 1 atom stereocenters. The van der Waals surface area contributed by atoms with Crippen molar-refractivity contribution in [1.82, 2.24) is 5.32 Å². The van der Waals surface area contributed by atoms with Crippen LogP contribution < -0.4 is 11.1 Å². The van der Waals surface area contributed by atoms with Crippen LogP contribution in [0.15, 0.2) is 0 Å². The van der Waals surface area contributed by atoms with Gasteiger partial charge in [0.1, 0.15) is 5.54 Å². The van der Waals surface area contributed by atoms with Crippen molar-refractivity contribution in [2.75, 3.05) is 26.9 Å². The van der Waals surface area contributed by atoms with Gasteiger partial charge < -0.3 is 20.5 Å². The fraction of sp³-hybridized carbons (Fsp3) is 0.933. The Balaban J connectivity index is 2.50. The SMILES string of the molecule is CCCNC(COCCC(C)(C)OC)(C(N)=O)C1CC1. The fourth-order valence-corrected chi connectivity index (χ4v) is 2.25. The van der Waals surface area contributed by atoms with Crippen LogP contribution in [0.1, 0.15) is 46.5 Å². The first-order valence-electron chi connectivity index (χ1n) is 7.56. The maximum atomic E-state index is 11.9. The number of amides is 1. The van der Waals surface area contributed by atoms with Gasteiger partial charge in [0.2, 0.25) is 5.91 Å². The van der Waals surface area contributed by atoms with Crippen molar-refractivity contribution >= 4 is 5.91 Å². The number of carbonyl (C=O) groups excluding carboxylic acids is 1. The number of rotatable bonds is 11. The summed E-state index contributed by atoms with van der Waals surface area (Å²) in [6.45, 7) is 7.82. The molecular formula is C15H30N2O3. The average Bonchev–Trinajstić information content (AvgIpc) is 3.22. The molecule has 0 spiro atoms. The molecule has 1 aliphatic rings. The van der Waals surface area contributed by atoms with E-state index in [9.17, 15) is 4.79 Å². The molecule has 1 rings (SSSR count). The van der Waals surface area contributed by atoms with E-state index >= 15 is 0 Å². The molecule has 1 aliphatic carbocycles. The van der Waals surface area contributed by atoms with Gasteiger partial charge in [0.05, 0.1) is 12.2 Å². The van der Waals surface area contributed by atoms with Crippen LogP contribution in [0.3, 0.4) is 0 Å². The lowest BCUT2D eigenvalue weighted by Crippen LogP contribution is -2.60.